The lowest BCUT2D eigenvalue weighted by Gasteiger charge is -2.21. The number of halogens is 1. The van der Waals surface area contributed by atoms with Gasteiger partial charge >= 0.3 is 0 Å². The highest BCUT2D eigenvalue weighted by Crippen LogP contribution is 2.29. The smallest absolute Gasteiger partial charge is 0.273 e. The second kappa shape index (κ2) is 5.64. The van der Waals surface area contributed by atoms with Crippen LogP contribution in [0.2, 0.25) is 0 Å². The minimum absolute atomic E-state index is 0.00864. The van der Waals surface area contributed by atoms with Gasteiger partial charge in [0.05, 0.1) is 11.8 Å². The van der Waals surface area contributed by atoms with E-state index < -0.39 is 21.9 Å². The van der Waals surface area contributed by atoms with Gasteiger partial charge in [-0.3, -0.25) is 14.5 Å². The van der Waals surface area contributed by atoms with E-state index in [1.807, 2.05) is 0 Å². The Kier molecular flexibility index (Phi) is 3.96. The summed E-state index contributed by atoms with van der Waals surface area (Å²) in [5, 5.41) is -0.347. The first-order valence-corrected chi connectivity index (χ1v) is 9.07. The van der Waals surface area contributed by atoms with Gasteiger partial charge in [0.25, 0.3) is 5.24 Å². The van der Waals surface area contributed by atoms with Crippen molar-refractivity contribution < 1.29 is 22.4 Å². The molecule has 3 rings (SSSR count). The molecule has 0 bridgehead atoms. The summed E-state index contributed by atoms with van der Waals surface area (Å²) in [5.41, 5.74) is 0. The third kappa shape index (κ3) is 2.53. The van der Waals surface area contributed by atoms with Gasteiger partial charge in [-0.15, -0.1) is 0 Å². The number of rotatable bonds is 3. The zero-order chi connectivity index (χ0) is 15.9. The third-order valence-electron chi connectivity index (χ3n) is 3.73. The van der Waals surface area contributed by atoms with Crippen LogP contribution >= 0.6 is 11.8 Å². The average Bonchev–Trinajstić information content (AvgIpc) is 3.06. The number of hydrogen-bond donors (Lipinski definition) is 0. The van der Waals surface area contributed by atoms with E-state index in [1.54, 1.807) is 0 Å². The minimum Gasteiger partial charge on any atom is -0.273 e. The highest BCUT2D eigenvalue weighted by molar-refractivity contribution is 8.14. The number of imide groups is 1. The number of amides is 2. The van der Waals surface area contributed by atoms with Crippen LogP contribution in [0.25, 0.3) is 0 Å². The van der Waals surface area contributed by atoms with Gasteiger partial charge in [-0.2, -0.15) is 4.31 Å². The zero-order valence-corrected chi connectivity index (χ0v) is 13.1. The summed E-state index contributed by atoms with van der Waals surface area (Å²) in [4.78, 5) is 24.1. The van der Waals surface area contributed by atoms with Crippen LogP contribution in [0, 0.1) is 5.82 Å². The number of thioether (sulfide) groups is 1. The first-order chi connectivity index (χ1) is 10.4. The minimum atomic E-state index is -3.96. The normalized spacial score (nSPS) is 23.5. The molecule has 0 aliphatic carbocycles. The van der Waals surface area contributed by atoms with Crippen LogP contribution in [0.3, 0.4) is 0 Å². The molecule has 0 aromatic heterocycles. The van der Waals surface area contributed by atoms with Gasteiger partial charge in [0.1, 0.15) is 10.7 Å². The molecule has 0 saturated carbocycles. The lowest BCUT2D eigenvalue weighted by molar-refractivity contribution is -0.126. The molecule has 1 atom stereocenters. The van der Waals surface area contributed by atoms with Crippen LogP contribution < -0.4 is 0 Å². The molecule has 2 saturated heterocycles. The fourth-order valence-corrected chi connectivity index (χ4v) is 4.98. The molecule has 22 heavy (non-hydrogen) atoms. The summed E-state index contributed by atoms with van der Waals surface area (Å²) in [6, 6.07) is 4.69. The quantitative estimate of drug-likeness (QED) is 0.826. The summed E-state index contributed by atoms with van der Waals surface area (Å²) in [7, 11) is -3.96. The average molecular weight is 344 g/mol. The lowest BCUT2D eigenvalue weighted by atomic mass is 10.2. The van der Waals surface area contributed by atoms with Gasteiger partial charge < -0.3 is 0 Å². The van der Waals surface area contributed by atoms with E-state index in [1.165, 1.54) is 18.2 Å². The molecule has 2 aliphatic rings. The Balaban J connectivity index is 1.82. The Morgan fingerprint density at radius 1 is 1.23 bits per heavy atom. The van der Waals surface area contributed by atoms with Crippen LogP contribution in [0.15, 0.2) is 29.2 Å². The maximum atomic E-state index is 13.7. The Morgan fingerprint density at radius 3 is 2.59 bits per heavy atom. The van der Waals surface area contributed by atoms with Crippen LogP contribution in [-0.2, 0) is 14.8 Å². The molecule has 2 aliphatic heterocycles. The van der Waals surface area contributed by atoms with E-state index in [-0.39, 0.29) is 34.9 Å². The fourth-order valence-electron chi connectivity index (χ4n) is 2.65. The Bertz CT molecular complexity index is 721. The first kappa shape index (κ1) is 15.4. The van der Waals surface area contributed by atoms with Gasteiger partial charge in [-0.05, 0) is 18.6 Å². The molecule has 2 fully saturated rings. The van der Waals surface area contributed by atoms with Crippen LogP contribution in [0.1, 0.15) is 6.42 Å². The van der Waals surface area contributed by atoms with E-state index in [0.29, 0.717) is 6.42 Å². The number of nitrogens with zero attached hydrogens (tertiary/aromatic N) is 2. The summed E-state index contributed by atoms with van der Waals surface area (Å²) in [6.07, 6.45) is 0.367. The lowest BCUT2D eigenvalue weighted by Crippen LogP contribution is -2.41. The number of hydrogen-bond acceptors (Lipinski definition) is 5. The number of carbonyl (C=O) groups excluding carboxylic acids is 2. The molecular formula is C13H13FN2O4S2. The Morgan fingerprint density at radius 2 is 1.95 bits per heavy atom. The predicted molar refractivity (Wildman–Crippen MR) is 78.3 cm³/mol. The van der Waals surface area contributed by atoms with E-state index in [2.05, 4.69) is 0 Å². The molecule has 118 valence electrons. The topological polar surface area (TPSA) is 74.8 Å². The molecule has 0 spiro atoms. The molecule has 0 N–H and O–H groups in total. The van der Waals surface area contributed by atoms with Crippen molar-refractivity contribution in [3.8, 4) is 0 Å². The van der Waals surface area contributed by atoms with Crippen molar-refractivity contribution in [2.24, 2.45) is 0 Å². The van der Waals surface area contributed by atoms with Crippen molar-refractivity contribution >= 4 is 32.9 Å². The maximum Gasteiger partial charge on any atom is 0.289 e. The van der Waals surface area contributed by atoms with Crippen molar-refractivity contribution in [3.05, 3.63) is 30.1 Å². The number of sulfonamides is 1. The summed E-state index contributed by atoms with van der Waals surface area (Å²) in [5.74, 6) is -1.02. The second-order valence-electron chi connectivity index (χ2n) is 5.05. The summed E-state index contributed by atoms with van der Waals surface area (Å²) in [6.45, 7) is 0.164. The van der Waals surface area contributed by atoms with Crippen LogP contribution in [0.5, 0.6) is 0 Å². The van der Waals surface area contributed by atoms with Crippen LogP contribution in [-0.4, -0.2) is 53.7 Å². The van der Waals surface area contributed by atoms with Crippen molar-refractivity contribution in [2.45, 2.75) is 17.4 Å². The second-order valence-corrected chi connectivity index (χ2v) is 7.89. The van der Waals surface area contributed by atoms with Gasteiger partial charge in [0.15, 0.2) is 0 Å². The summed E-state index contributed by atoms with van der Waals surface area (Å²) < 4.78 is 39.8. The largest absolute Gasteiger partial charge is 0.289 e. The molecule has 6 nitrogen and oxygen atoms in total. The van der Waals surface area contributed by atoms with Crippen molar-refractivity contribution in [1.29, 1.82) is 0 Å². The first-order valence-electron chi connectivity index (χ1n) is 6.65. The van der Waals surface area contributed by atoms with Crippen molar-refractivity contribution in [3.63, 3.8) is 0 Å². The highest BCUT2D eigenvalue weighted by Gasteiger charge is 2.42. The Hall–Kier alpha value is -1.45. The number of benzene rings is 1. The van der Waals surface area contributed by atoms with Gasteiger partial charge in [0.2, 0.25) is 15.9 Å². The molecule has 0 unspecified atom stereocenters. The molecular weight excluding hydrogens is 331 g/mol. The fraction of sp³-hybridized carbons (Fsp3) is 0.385. The highest BCUT2D eigenvalue weighted by atomic mass is 32.2. The monoisotopic (exact) mass is 344 g/mol. The predicted octanol–water partition coefficient (Wildman–Crippen LogP) is 1.28. The summed E-state index contributed by atoms with van der Waals surface area (Å²) >= 11 is 0.917. The van der Waals surface area contributed by atoms with Gasteiger partial charge in [0, 0.05) is 13.1 Å². The van der Waals surface area contributed by atoms with E-state index in [4.69, 9.17) is 0 Å². The van der Waals surface area contributed by atoms with Crippen molar-refractivity contribution in [2.75, 3.05) is 18.8 Å². The third-order valence-corrected chi connectivity index (χ3v) is 6.46. The molecule has 1 aromatic carbocycles. The molecule has 0 radical (unpaired) electrons. The Labute approximate surface area is 131 Å². The number of carbonyl (C=O) groups is 2. The van der Waals surface area contributed by atoms with Gasteiger partial charge in [-0.1, -0.05) is 23.9 Å². The maximum absolute atomic E-state index is 13.7. The zero-order valence-electron chi connectivity index (χ0n) is 11.4. The SMILES string of the molecule is O=C1CSC(=O)N1[C@H]1CCN(S(=O)(=O)c2ccccc2F)C1. The van der Waals surface area contributed by atoms with Crippen molar-refractivity contribution in [1.82, 2.24) is 9.21 Å². The molecule has 2 heterocycles. The molecule has 9 heteroatoms. The van der Waals surface area contributed by atoms with Crippen LogP contribution in [0.4, 0.5) is 9.18 Å². The van der Waals surface area contributed by atoms with E-state index in [9.17, 15) is 22.4 Å². The standard InChI is InChI=1S/C13H13FN2O4S2/c14-10-3-1-2-4-11(10)22(19,20)15-6-5-9(7-15)16-12(17)8-21-13(16)18/h1-4,9H,5-8H2/t9-/m0/s1. The molecule has 2 amide bonds. The van der Waals surface area contributed by atoms with Gasteiger partial charge in [-0.25, -0.2) is 12.8 Å². The van der Waals surface area contributed by atoms with E-state index >= 15 is 0 Å². The van der Waals surface area contributed by atoms with E-state index in [0.717, 1.165) is 27.0 Å². The molecule has 1 aromatic rings.